The second-order valence-electron chi connectivity index (χ2n) is 8.36. The standard InChI is InChI=1S/C19H20BrIN4O/c20-17-22-11-25(24-17)19-8-12-5-13(9-19)7-18(6-12,10-19)16(26)23-15-4-2-1-3-14(15)21/h1-4,11-13H,5-10H2,(H,23,26). The van der Waals surface area contributed by atoms with E-state index in [9.17, 15) is 4.79 Å². The molecule has 4 aliphatic carbocycles. The molecule has 26 heavy (non-hydrogen) atoms. The van der Waals surface area contributed by atoms with Gasteiger partial charge in [-0.1, -0.05) is 12.1 Å². The molecule has 0 radical (unpaired) electrons. The topological polar surface area (TPSA) is 59.8 Å². The van der Waals surface area contributed by atoms with Crippen LogP contribution in [0.5, 0.6) is 0 Å². The van der Waals surface area contributed by atoms with Crippen LogP contribution >= 0.6 is 38.5 Å². The zero-order chi connectivity index (χ0) is 17.9. The zero-order valence-electron chi connectivity index (χ0n) is 14.3. The van der Waals surface area contributed by atoms with Crippen LogP contribution in [0.1, 0.15) is 38.5 Å². The number of halogens is 2. The van der Waals surface area contributed by atoms with Crippen LogP contribution < -0.4 is 5.32 Å². The summed E-state index contributed by atoms with van der Waals surface area (Å²) in [5.74, 6) is 1.42. The van der Waals surface area contributed by atoms with Gasteiger partial charge < -0.3 is 5.32 Å². The minimum absolute atomic E-state index is 0.0513. The van der Waals surface area contributed by atoms with Crippen LogP contribution in [0, 0.1) is 20.8 Å². The van der Waals surface area contributed by atoms with E-state index in [0.29, 0.717) is 16.6 Å². The molecule has 5 nitrogen and oxygen atoms in total. The Morgan fingerprint density at radius 3 is 2.62 bits per heavy atom. The number of nitrogens with zero attached hydrogens (tertiary/aromatic N) is 3. The fraction of sp³-hybridized carbons (Fsp3) is 0.526. The Balaban J connectivity index is 1.49. The highest BCUT2D eigenvalue weighted by molar-refractivity contribution is 14.1. The second kappa shape index (κ2) is 6.02. The minimum atomic E-state index is -0.276. The molecule has 1 N–H and O–H groups in total. The summed E-state index contributed by atoms with van der Waals surface area (Å²) in [6.07, 6.45) is 8.23. The van der Waals surface area contributed by atoms with E-state index in [2.05, 4.69) is 53.9 Å². The summed E-state index contributed by atoms with van der Waals surface area (Å²) in [6, 6.07) is 8.00. The lowest BCUT2D eigenvalue weighted by Gasteiger charge is -2.60. The van der Waals surface area contributed by atoms with Crippen LogP contribution in [0.15, 0.2) is 35.3 Å². The molecule has 136 valence electrons. The van der Waals surface area contributed by atoms with Crippen molar-refractivity contribution in [3.63, 3.8) is 0 Å². The highest BCUT2D eigenvalue weighted by Crippen LogP contribution is 2.64. The summed E-state index contributed by atoms with van der Waals surface area (Å²) in [5.41, 5.74) is 0.595. The molecule has 0 aliphatic heterocycles. The number of aromatic nitrogens is 3. The van der Waals surface area contributed by atoms with Crippen LogP contribution in [0.4, 0.5) is 5.69 Å². The molecule has 0 saturated heterocycles. The molecular weight excluding hydrogens is 507 g/mol. The zero-order valence-corrected chi connectivity index (χ0v) is 18.0. The number of hydrogen-bond acceptors (Lipinski definition) is 3. The summed E-state index contributed by atoms with van der Waals surface area (Å²) < 4.78 is 3.76. The van der Waals surface area contributed by atoms with Gasteiger partial charge >= 0.3 is 0 Å². The third kappa shape index (κ3) is 2.65. The van der Waals surface area contributed by atoms with Crippen molar-refractivity contribution in [3.8, 4) is 0 Å². The number of nitrogens with one attached hydrogen (secondary N) is 1. The first-order valence-corrected chi connectivity index (χ1v) is 11.0. The Bertz CT molecular complexity index is 868. The number of para-hydroxylation sites is 1. The van der Waals surface area contributed by atoms with Gasteiger partial charge in [0.1, 0.15) is 6.33 Å². The number of anilines is 1. The minimum Gasteiger partial charge on any atom is -0.325 e. The average molecular weight is 527 g/mol. The molecule has 4 aliphatic rings. The van der Waals surface area contributed by atoms with Crippen molar-refractivity contribution in [1.29, 1.82) is 0 Å². The lowest BCUT2D eigenvalue weighted by molar-refractivity contribution is -0.150. The summed E-state index contributed by atoms with van der Waals surface area (Å²) in [6.45, 7) is 0. The van der Waals surface area contributed by atoms with E-state index in [0.717, 1.165) is 41.4 Å². The van der Waals surface area contributed by atoms with E-state index >= 15 is 0 Å². The predicted octanol–water partition coefficient (Wildman–Crippen LogP) is 4.58. The summed E-state index contributed by atoms with van der Waals surface area (Å²) >= 11 is 5.67. The molecule has 6 rings (SSSR count). The smallest absolute Gasteiger partial charge is 0.230 e. The van der Waals surface area contributed by atoms with Crippen LogP contribution in [0.2, 0.25) is 0 Å². The SMILES string of the molecule is O=C(Nc1ccccc1I)C12CC3CC(C1)CC(n1cnc(Br)n1)(C3)C2. The summed E-state index contributed by atoms with van der Waals surface area (Å²) in [5, 5.41) is 7.82. The Kier molecular flexibility index (Phi) is 3.97. The van der Waals surface area contributed by atoms with Crippen molar-refractivity contribution in [3.05, 3.63) is 38.9 Å². The van der Waals surface area contributed by atoms with Gasteiger partial charge in [0.25, 0.3) is 0 Å². The normalized spacial score (nSPS) is 34.8. The van der Waals surface area contributed by atoms with Gasteiger partial charge in [-0.2, -0.15) is 0 Å². The van der Waals surface area contributed by atoms with Crippen molar-refractivity contribution in [2.24, 2.45) is 17.3 Å². The Labute approximate surface area is 174 Å². The predicted molar refractivity (Wildman–Crippen MR) is 111 cm³/mol. The molecule has 1 heterocycles. The van der Waals surface area contributed by atoms with Gasteiger partial charge in [-0.3, -0.25) is 4.79 Å². The maximum absolute atomic E-state index is 13.4. The fourth-order valence-corrected chi connectivity index (χ4v) is 6.82. The lowest BCUT2D eigenvalue weighted by atomic mass is 9.46. The molecule has 1 amide bonds. The first-order chi connectivity index (χ1) is 12.5. The number of benzene rings is 1. The number of rotatable bonds is 3. The van der Waals surface area contributed by atoms with E-state index in [1.54, 1.807) is 0 Å². The van der Waals surface area contributed by atoms with Crippen molar-refractivity contribution in [1.82, 2.24) is 14.8 Å². The van der Waals surface area contributed by atoms with Gasteiger partial charge in [-0.15, -0.1) is 5.10 Å². The monoisotopic (exact) mass is 526 g/mol. The Morgan fingerprint density at radius 2 is 1.96 bits per heavy atom. The van der Waals surface area contributed by atoms with Gasteiger partial charge in [0, 0.05) is 3.57 Å². The fourth-order valence-electron chi connectivity index (χ4n) is 6.04. The van der Waals surface area contributed by atoms with E-state index in [-0.39, 0.29) is 16.9 Å². The van der Waals surface area contributed by atoms with Gasteiger partial charge in [0.2, 0.25) is 10.6 Å². The molecule has 4 fully saturated rings. The van der Waals surface area contributed by atoms with Crippen LogP contribution in [-0.2, 0) is 10.3 Å². The molecule has 1 aromatic heterocycles. The summed E-state index contributed by atoms with van der Waals surface area (Å²) in [4.78, 5) is 17.7. The molecule has 0 spiro atoms. The average Bonchev–Trinajstić information content (AvgIpc) is 3.03. The molecule has 2 aromatic rings. The van der Waals surface area contributed by atoms with Crippen molar-refractivity contribution >= 4 is 50.1 Å². The number of amides is 1. The lowest BCUT2D eigenvalue weighted by Crippen LogP contribution is -2.60. The molecule has 7 heteroatoms. The second-order valence-corrected chi connectivity index (χ2v) is 10.2. The highest BCUT2D eigenvalue weighted by atomic mass is 127. The quantitative estimate of drug-likeness (QED) is 0.595. The van der Waals surface area contributed by atoms with Crippen molar-refractivity contribution in [2.45, 2.75) is 44.1 Å². The maximum Gasteiger partial charge on any atom is 0.230 e. The highest BCUT2D eigenvalue weighted by Gasteiger charge is 2.61. The number of carbonyl (C=O) groups is 1. The Hall–Kier alpha value is -0.960. The van der Waals surface area contributed by atoms with Gasteiger partial charge in [0.15, 0.2) is 0 Å². The summed E-state index contributed by atoms with van der Waals surface area (Å²) in [7, 11) is 0. The Morgan fingerprint density at radius 1 is 1.23 bits per heavy atom. The van der Waals surface area contributed by atoms with Crippen LogP contribution in [0.25, 0.3) is 0 Å². The molecule has 2 unspecified atom stereocenters. The van der Waals surface area contributed by atoms with Crippen molar-refractivity contribution < 1.29 is 4.79 Å². The van der Waals surface area contributed by atoms with Gasteiger partial charge in [0.05, 0.1) is 16.6 Å². The van der Waals surface area contributed by atoms with E-state index in [1.807, 2.05) is 35.3 Å². The van der Waals surface area contributed by atoms with Crippen molar-refractivity contribution in [2.75, 3.05) is 5.32 Å². The van der Waals surface area contributed by atoms with E-state index in [1.165, 1.54) is 6.42 Å². The van der Waals surface area contributed by atoms with Gasteiger partial charge in [-0.25, -0.2) is 9.67 Å². The first-order valence-electron chi connectivity index (χ1n) is 9.12. The first kappa shape index (κ1) is 17.2. The molecule has 1 aromatic carbocycles. The molecule has 2 atom stereocenters. The third-order valence-electron chi connectivity index (χ3n) is 6.58. The molecule has 4 bridgehead atoms. The largest absolute Gasteiger partial charge is 0.325 e. The number of carbonyl (C=O) groups excluding carboxylic acids is 1. The molecular formula is C19H20BrIN4O. The maximum atomic E-state index is 13.4. The van der Waals surface area contributed by atoms with Gasteiger partial charge in [-0.05, 0) is 101 Å². The van der Waals surface area contributed by atoms with Crippen LogP contribution in [-0.4, -0.2) is 20.7 Å². The van der Waals surface area contributed by atoms with E-state index < -0.39 is 0 Å². The van der Waals surface area contributed by atoms with Crippen LogP contribution in [0.3, 0.4) is 0 Å². The molecule has 4 saturated carbocycles. The third-order valence-corrected chi connectivity index (χ3v) is 7.89. The number of hydrogen-bond donors (Lipinski definition) is 1. The van der Waals surface area contributed by atoms with E-state index in [4.69, 9.17) is 0 Å².